The van der Waals surface area contributed by atoms with Crippen LogP contribution in [0.4, 0.5) is 0 Å². The van der Waals surface area contributed by atoms with Crippen molar-refractivity contribution in [3.8, 4) is 0 Å². The lowest BCUT2D eigenvalue weighted by Crippen LogP contribution is -2.47. The molecule has 1 aromatic carbocycles. The molecule has 1 saturated carbocycles. The molecule has 0 aliphatic heterocycles. The molecular formula is C18H29ClN2. The average molecular weight is 309 g/mol. The second-order valence-corrected chi connectivity index (χ2v) is 7.00. The smallest absolute Gasteiger partial charge is 0.0499 e. The zero-order valence-corrected chi connectivity index (χ0v) is 14.3. The van der Waals surface area contributed by atoms with Crippen LogP contribution in [0.3, 0.4) is 0 Å². The summed E-state index contributed by atoms with van der Waals surface area (Å²) in [6.45, 7) is 4.56. The summed E-state index contributed by atoms with van der Waals surface area (Å²) in [6, 6.07) is 9.29. The number of nitrogens with zero attached hydrogens (tertiary/aromatic N) is 1. The Hall–Kier alpha value is -0.570. The van der Waals surface area contributed by atoms with Gasteiger partial charge in [-0.05, 0) is 49.9 Å². The molecule has 0 aromatic heterocycles. The Morgan fingerprint density at radius 2 is 1.86 bits per heavy atom. The fourth-order valence-corrected chi connectivity index (χ4v) is 3.90. The molecule has 1 aliphatic carbocycles. The highest BCUT2D eigenvalue weighted by Crippen LogP contribution is 2.34. The van der Waals surface area contributed by atoms with E-state index >= 15 is 0 Å². The molecule has 4 unspecified atom stereocenters. The van der Waals surface area contributed by atoms with E-state index in [1.807, 2.05) is 12.1 Å². The third-order valence-electron chi connectivity index (χ3n) is 5.12. The number of nitrogens with two attached hydrogens (primary N) is 1. The summed E-state index contributed by atoms with van der Waals surface area (Å²) in [5, 5.41) is 0.788. The molecule has 2 rings (SSSR count). The molecule has 2 N–H and O–H groups in total. The van der Waals surface area contributed by atoms with Crippen molar-refractivity contribution < 1.29 is 0 Å². The summed E-state index contributed by atoms with van der Waals surface area (Å²) in [5.74, 6) is 0.752. The molecule has 0 amide bonds. The zero-order valence-electron chi connectivity index (χ0n) is 13.6. The standard InChI is InChI=1S/C18H29ClN2/c1-4-16(20)18(14-9-11-15(19)12-10-14)21(3)17-8-6-5-7-13(17)2/h9-13,16-18H,4-8,20H2,1-3H3. The molecule has 2 nitrogen and oxygen atoms in total. The van der Waals surface area contributed by atoms with Crippen LogP contribution in [0.1, 0.15) is 57.6 Å². The maximum Gasteiger partial charge on any atom is 0.0499 e. The van der Waals surface area contributed by atoms with Crippen LogP contribution >= 0.6 is 11.6 Å². The van der Waals surface area contributed by atoms with Crippen molar-refractivity contribution in [2.75, 3.05) is 7.05 Å². The van der Waals surface area contributed by atoms with Gasteiger partial charge in [-0.15, -0.1) is 0 Å². The van der Waals surface area contributed by atoms with Gasteiger partial charge in [-0.2, -0.15) is 0 Å². The molecule has 0 saturated heterocycles. The number of likely N-dealkylation sites (N-methyl/N-ethyl adjacent to an activating group) is 1. The molecule has 1 fully saturated rings. The summed E-state index contributed by atoms with van der Waals surface area (Å²) < 4.78 is 0. The third-order valence-corrected chi connectivity index (χ3v) is 5.37. The lowest BCUT2D eigenvalue weighted by Gasteiger charge is -2.43. The fourth-order valence-electron chi connectivity index (χ4n) is 3.78. The van der Waals surface area contributed by atoms with Crippen LogP contribution in [0.15, 0.2) is 24.3 Å². The largest absolute Gasteiger partial charge is 0.326 e. The second kappa shape index (κ2) is 7.62. The molecule has 0 heterocycles. The zero-order chi connectivity index (χ0) is 15.4. The number of rotatable bonds is 5. The van der Waals surface area contributed by atoms with Crippen molar-refractivity contribution >= 4 is 11.6 Å². The van der Waals surface area contributed by atoms with E-state index in [4.69, 9.17) is 17.3 Å². The normalized spacial score (nSPS) is 25.8. The van der Waals surface area contributed by atoms with E-state index in [9.17, 15) is 0 Å². The summed E-state index contributed by atoms with van der Waals surface area (Å²) in [5.41, 5.74) is 7.75. The number of hydrogen-bond donors (Lipinski definition) is 1. The van der Waals surface area contributed by atoms with Crippen LogP contribution in [0.25, 0.3) is 0 Å². The highest BCUT2D eigenvalue weighted by molar-refractivity contribution is 6.30. The van der Waals surface area contributed by atoms with E-state index in [-0.39, 0.29) is 12.1 Å². The van der Waals surface area contributed by atoms with Gasteiger partial charge in [0.25, 0.3) is 0 Å². The van der Waals surface area contributed by atoms with E-state index < -0.39 is 0 Å². The first kappa shape index (κ1) is 16.8. The van der Waals surface area contributed by atoms with Gasteiger partial charge in [-0.3, -0.25) is 4.90 Å². The highest BCUT2D eigenvalue weighted by Gasteiger charge is 2.32. The van der Waals surface area contributed by atoms with Crippen LogP contribution in [0.5, 0.6) is 0 Å². The first-order valence-electron chi connectivity index (χ1n) is 8.27. The highest BCUT2D eigenvalue weighted by atomic mass is 35.5. The Labute approximate surface area is 134 Å². The summed E-state index contributed by atoms with van der Waals surface area (Å²) >= 11 is 6.04. The summed E-state index contributed by atoms with van der Waals surface area (Å²) in [6.07, 6.45) is 6.33. The van der Waals surface area contributed by atoms with E-state index in [1.54, 1.807) is 0 Å². The lowest BCUT2D eigenvalue weighted by molar-refractivity contribution is 0.0824. The van der Waals surface area contributed by atoms with Gasteiger partial charge in [0.15, 0.2) is 0 Å². The monoisotopic (exact) mass is 308 g/mol. The van der Waals surface area contributed by atoms with Crippen LogP contribution in [0, 0.1) is 5.92 Å². The van der Waals surface area contributed by atoms with Gasteiger partial charge in [0.1, 0.15) is 0 Å². The SMILES string of the molecule is CCC(N)C(c1ccc(Cl)cc1)N(C)C1CCCCC1C. The predicted octanol–water partition coefficient (Wildman–Crippen LogP) is 4.63. The molecule has 0 spiro atoms. The van der Waals surface area contributed by atoms with Crippen LogP contribution in [-0.2, 0) is 0 Å². The average Bonchev–Trinajstić information content (AvgIpc) is 2.49. The minimum absolute atomic E-state index is 0.158. The molecule has 3 heteroatoms. The molecule has 0 radical (unpaired) electrons. The molecule has 118 valence electrons. The quantitative estimate of drug-likeness (QED) is 0.859. The van der Waals surface area contributed by atoms with Crippen molar-refractivity contribution in [1.82, 2.24) is 4.90 Å². The Kier molecular flexibility index (Phi) is 6.09. The third kappa shape index (κ3) is 4.00. The number of benzene rings is 1. The first-order chi connectivity index (χ1) is 10.0. The molecule has 0 bridgehead atoms. The van der Waals surface area contributed by atoms with Crippen molar-refractivity contribution in [3.05, 3.63) is 34.9 Å². The Balaban J connectivity index is 2.24. The molecule has 1 aliphatic rings. The van der Waals surface area contributed by atoms with Gasteiger partial charge in [0, 0.05) is 23.1 Å². The molecule has 21 heavy (non-hydrogen) atoms. The first-order valence-corrected chi connectivity index (χ1v) is 8.65. The van der Waals surface area contributed by atoms with Crippen LogP contribution in [-0.4, -0.2) is 24.0 Å². The lowest BCUT2D eigenvalue weighted by atomic mass is 9.83. The molecule has 1 aromatic rings. The molecule has 4 atom stereocenters. The summed E-state index contributed by atoms with van der Waals surface area (Å²) in [7, 11) is 2.25. The van der Waals surface area contributed by atoms with Crippen LogP contribution in [0.2, 0.25) is 5.02 Å². The van der Waals surface area contributed by atoms with Gasteiger partial charge < -0.3 is 5.73 Å². The fraction of sp³-hybridized carbons (Fsp3) is 0.667. The van der Waals surface area contributed by atoms with Gasteiger partial charge in [-0.1, -0.05) is 50.4 Å². The Morgan fingerprint density at radius 3 is 2.43 bits per heavy atom. The topological polar surface area (TPSA) is 29.3 Å². The maximum atomic E-state index is 6.47. The second-order valence-electron chi connectivity index (χ2n) is 6.56. The Bertz CT molecular complexity index is 431. The van der Waals surface area contributed by atoms with E-state index in [0.717, 1.165) is 17.4 Å². The molecular weight excluding hydrogens is 280 g/mol. The minimum Gasteiger partial charge on any atom is -0.326 e. The van der Waals surface area contributed by atoms with Crippen molar-refractivity contribution in [2.24, 2.45) is 11.7 Å². The van der Waals surface area contributed by atoms with Crippen molar-refractivity contribution in [1.29, 1.82) is 0 Å². The van der Waals surface area contributed by atoms with Crippen LogP contribution < -0.4 is 5.73 Å². The van der Waals surface area contributed by atoms with Crippen molar-refractivity contribution in [2.45, 2.75) is 64.1 Å². The van der Waals surface area contributed by atoms with E-state index in [0.29, 0.717) is 6.04 Å². The van der Waals surface area contributed by atoms with E-state index in [2.05, 4.69) is 37.9 Å². The van der Waals surface area contributed by atoms with Gasteiger partial charge >= 0.3 is 0 Å². The Morgan fingerprint density at radius 1 is 1.24 bits per heavy atom. The van der Waals surface area contributed by atoms with Gasteiger partial charge in [0.05, 0.1) is 0 Å². The predicted molar refractivity (Wildman–Crippen MR) is 91.6 cm³/mol. The van der Waals surface area contributed by atoms with Gasteiger partial charge in [-0.25, -0.2) is 0 Å². The van der Waals surface area contributed by atoms with Crippen molar-refractivity contribution in [3.63, 3.8) is 0 Å². The summed E-state index contributed by atoms with van der Waals surface area (Å²) in [4.78, 5) is 2.53. The number of hydrogen-bond acceptors (Lipinski definition) is 2. The number of halogens is 1. The van der Waals surface area contributed by atoms with E-state index in [1.165, 1.54) is 31.2 Å². The van der Waals surface area contributed by atoms with Gasteiger partial charge in [0.2, 0.25) is 0 Å². The minimum atomic E-state index is 0.158. The maximum absolute atomic E-state index is 6.47.